The fourth-order valence-electron chi connectivity index (χ4n) is 3.67. The molecule has 1 saturated carbocycles. The summed E-state index contributed by atoms with van der Waals surface area (Å²) in [4.78, 5) is 18.2. The smallest absolute Gasteiger partial charge is 0.267 e. The van der Waals surface area contributed by atoms with Crippen molar-refractivity contribution in [1.82, 2.24) is 14.8 Å². The first-order chi connectivity index (χ1) is 11.2. The lowest BCUT2D eigenvalue weighted by molar-refractivity contribution is 0.302. The van der Waals surface area contributed by atoms with Gasteiger partial charge in [-0.25, -0.2) is 9.67 Å². The molecule has 0 radical (unpaired) electrons. The van der Waals surface area contributed by atoms with Crippen LogP contribution >= 0.6 is 11.3 Å². The molecule has 2 aromatic heterocycles. The molecule has 0 aliphatic heterocycles. The Hall–Kier alpha value is -1.69. The Kier molecular flexibility index (Phi) is 3.93. The van der Waals surface area contributed by atoms with E-state index in [9.17, 15) is 4.79 Å². The van der Waals surface area contributed by atoms with E-state index in [-0.39, 0.29) is 11.6 Å². The number of thiazole rings is 1. The summed E-state index contributed by atoms with van der Waals surface area (Å²) in [5.74, 6) is 0. The number of hydrogen-bond acceptors (Lipinski definition) is 5. The molecule has 2 heterocycles. The number of nitrogens with zero attached hydrogens (tertiary/aromatic N) is 3. The summed E-state index contributed by atoms with van der Waals surface area (Å²) in [6.07, 6.45) is 7.73. The van der Waals surface area contributed by atoms with Crippen LogP contribution in [-0.2, 0) is 12.8 Å². The Labute approximate surface area is 139 Å². The minimum absolute atomic E-state index is 0.0170. The molecule has 122 valence electrons. The SMILES string of the molecule is Cc1ccc(=O)n(C2CCC(Nc3nc4c(s3)CCC4)CC2)n1. The van der Waals surface area contributed by atoms with Crippen LogP contribution in [0.3, 0.4) is 0 Å². The van der Waals surface area contributed by atoms with Gasteiger partial charge in [0.05, 0.1) is 17.4 Å². The van der Waals surface area contributed by atoms with Gasteiger partial charge in [-0.05, 0) is 57.9 Å². The van der Waals surface area contributed by atoms with E-state index in [1.807, 2.05) is 18.3 Å². The lowest BCUT2D eigenvalue weighted by Gasteiger charge is -2.29. The van der Waals surface area contributed by atoms with E-state index in [1.165, 1.54) is 23.4 Å². The fourth-order valence-corrected chi connectivity index (χ4v) is 4.80. The minimum atomic E-state index is 0.0170. The van der Waals surface area contributed by atoms with Crippen molar-refractivity contribution in [2.75, 3.05) is 5.32 Å². The van der Waals surface area contributed by atoms with Crippen molar-refractivity contribution in [2.45, 2.75) is 64.0 Å². The van der Waals surface area contributed by atoms with Crippen LogP contribution in [-0.4, -0.2) is 20.8 Å². The molecule has 2 aliphatic carbocycles. The van der Waals surface area contributed by atoms with Crippen molar-refractivity contribution in [1.29, 1.82) is 0 Å². The Morgan fingerprint density at radius 1 is 1.22 bits per heavy atom. The molecule has 23 heavy (non-hydrogen) atoms. The molecule has 0 spiro atoms. The number of hydrogen-bond donors (Lipinski definition) is 1. The normalized spacial score (nSPS) is 23.7. The Balaban J connectivity index is 1.38. The molecule has 0 amide bonds. The van der Waals surface area contributed by atoms with Crippen LogP contribution in [0, 0.1) is 6.92 Å². The maximum Gasteiger partial charge on any atom is 0.267 e. The van der Waals surface area contributed by atoms with E-state index in [1.54, 1.807) is 16.8 Å². The molecule has 5 nitrogen and oxygen atoms in total. The third kappa shape index (κ3) is 3.04. The van der Waals surface area contributed by atoms with Crippen molar-refractivity contribution in [3.05, 3.63) is 38.8 Å². The Morgan fingerprint density at radius 2 is 2.04 bits per heavy atom. The van der Waals surface area contributed by atoms with E-state index in [4.69, 9.17) is 4.98 Å². The first kappa shape index (κ1) is 14.9. The number of nitrogens with one attached hydrogen (secondary N) is 1. The molecule has 0 aromatic carbocycles. The van der Waals surface area contributed by atoms with Crippen molar-refractivity contribution in [2.24, 2.45) is 0 Å². The van der Waals surface area contributed by atoms with Gasteiger partial charge in [0.25, 0.3) is 5.56 Å². The summed E-state index contributed by atoms with van der Waals surface area (Å²) >= 11 is 1.83. The zero-order valence-electron chi connectivity index (χ0n) is 13.4. The topological polar surface area (TPSA) is 59.8 Å². The molecule has 6 heteroatoms. The number of aromatic nitrogens is 3. The van der Waals surface area contributed by atoms with Crippen LogP contribution in [0.4, 0.5) is 5.13 Å². The van der Waals surface area contributed by atoms with E-state index >= 15 is 0 Å². The summed E-state index contributed by atoms with van der Waals surface area (Å²) in [7, 11) is 0. The maximum atomic E-state index is 12.0. The quantitative estimate of drug-likeness (QED) is 0.939. The van der Waals surface area contributed by atoms with Crippen LogP contribution in [0.25, 0.3) is 0 Å². The fraction of sp³-hybridized carbons (Fsp3) is 0.588. The molecule has 2 aliphatic rings. The standard InChI is InChI=1S/C17H22N4OS/c1-11-5-10-16(22)21(20-11)13-8-6-12(7-9-13)18-17-19-14-3-2-4-15(14)23-17/h5,10,12-13H,2-4,6-9H2,1H3,(H,18,19). The van der Waals surface area contributed by atoms with Crippen molar-refractivity contribution in [3.8, 4) is 0 Å². The Morgan fingerprint density at radius 3 is 2.83 bits per heavy atom. The molecule has 1 fully saturated rings. The first-order valence-corrected chi connectivity index (χ1v) is 9.32. The van der Waals surface area contributed by atoms with Crippen LogP contribution in [0.2, 0.25) is 0 Å². The second-order valence-electron chi connectivity index (χ2n) is 6.65. The highest BCUT2D eigenvalue weighted by Gasteiger charge is 2.25. The molecule has 0 saturated heterocycles. The Bertz CT molecular complexity index is 737. The third-order valence-corrected chi connectivity index (χ3v) is 6.01. The van der Waals surface area contributed by atoms with Gasteiger partial charge in [0.1, 0.15) is 0 Å². The van der Waals surface area contributed by atoms with Gasteiger partial charge in [0.2, 0.25) is 0 Å². The van der Waals surface area contributed by atoms with Gasteiger partial charge < -0.3 is 5.32 Å². The number of rotatable bonds is 3. The minimum Gasteiger partial charge on any atom is -0.359 e. The second-order valence-corrected chi connectivity index (χ2v) is 7.73. The molecule has 0 unspecified atom stereocenters. The van der Waals surface area contributed by atoms with Crippen LogP contribution in [0.15, 0.2) is 16.9 Å². The van der Waals surface area contributed by atoms with Crippen molar-refractivity contribution >= 4 is 16.5 Å². The van der Waals surface area contributed by atoms with Crippen molar-refractivity contribution in [3.63, 3.8) is 0 Å². The first-order valence-electron chi connectivity index (χ1n) is 8.50. The highest BCUT2D eigenvalue weighted by Crippen LogP contribution is 2.33. The highest BCUT2D eigenvalue weighted by molar-refractivity contribution is 7.15. The van der Waals surface area contributed by atoms with E-state index in [0.717, 1.165) is 42.9 Å². The van der Waals surface area contributed by atoms with Crippen LogP contribution < -0.4 is 10.9 Å². The van der Waals surface area contributed by atoms with E-state index in [2.05, 4.69) is 10.4 Å². The largest absolute Gasteiger partial charge is 0.359 e. The molecular weight excluding hydrogens is 308 g/mol. The third-order valence-electron chi connectivity index (χ3n) is 4.92. The average Bonchev–Trinajstić information content (AvgIpc) is 3.12. The predicted octanol–water partition coefficient (Wildman–Crippen LogP) is 3.09. The zero-order chi connectivity index (χ0) is 15.8. The van der Waals surface area contributed by atoms with Gasteiger partial charge >= 0.3 is 0 Å². The van der Waals surface area contributed by atoms with Gasteiger partial charge in [0.15, 0.2) is 5.13 Å². The zero-order valence-corrected chi connectivity index (χ0v) is 14.2. The molecule has 0 bridgehead atoms. The number of aryl methyl sites for hydroxylation is 3. The highest BCUT2D eigenvalue weighted by atomic mass is 32.1. The summed E-state index contributed by atoms with van der Waals surface area (Å²) in [6.45, 7) is 1.94. The summed E-state index contributed by atoms with van der Waals surface area (Å²) in [6, 6.07) is 4.12. The van der Waals surface area contributed by atoms with Gasteiger partial charge in [0, 0.05) is 17.0 Å². The van der Waals surface area contributed by atoms with Crippen LogP contribution in [0.5, 0.6) is 0 Å². The number of anilines is 1. The van der Waals surface area contributed by atoms with Gasteiger partial charge in [-0.15, -0.1) is 11.3 Å². The van der Waals surface area contributed by atoms with Gasteiger partial charge in [-0.3, -0.25) is 4.79 Å². The number of fused-ring (bicyclic) bond motifs is 1. The molecule has 1 N–H and O–H groups in total. The summed E-state index contributed by atoms with van der Waals surface area (Å²) < 4.78 is 1.68. The maximum absolute atomic E-state index is 12.0. The lowest BCUT2D eigenvalue weighted by Crippen LogP contribution is -2.33. The molecule has 4 rings (SSSR count). The molecular formula is C17H22N4OS. The van der Waals surface area contributed by atoms with Gasteiger partial charge in [-0.2, -0.15) is 5.10 Å². The average molecular weight is 330 g/mol. The molecule has 0 atom stereocenters. The van der Waals surface area contributed by atoms with E-state index < -0.39 is 0 Å². The monoisotopic (exact) mass is 330 g/mol. The second kappa shape index (κ2) is 6.07. The summed E-state index contributed by atoms with van der Waals surface area (Å²) in [5.41, 5.74) is 2.23. The summed E-state index contributed by atoms with van der Waals surface area (Å²) in [5, 5.41) is 9.11. The predicted molar refractivity (Wildman–Crippen MR) is 92.3 cm³/mol. The molecule has 2 aromatic rings. The van der Waals surface area contributed by atoms with Gasteiger partial charge in [-0.1, -0.05) is 0 Å². The van der Waals surface area contributed by atoms with Crippen LogP contribution in [0.1, 0.15) is 54.4 Å². The lowest BCUT2D eigenvalue weighted by atomic mass is 9.91. The van der Waals surface area contributed by atoms with E-state index in [0.29, 0.717) is 6.04 Å². The van der Waals surface area contributed by atoms with Crippen molar-refractivity contribution < 1.29 is 0 Å².